The molecule has 24 heavy (non-hydrogen) atoms. The second-order valence-electron chi connectivity index (χ2n) is 6.23. The van der Waals surface area contributed by atoms with Crippen LogP contribution in [0.2, 0.25) is 5.02 Å². The second-order valence-corrected chi connectivity index (χ2v) is 6.64. The Morgan fingerprint density at radius 1 is 1.33 bits per heavy atom. The Morgan fingerprint density at radius 3 is 2.67 bits per heavy atom. The number of aliphatic hydroxyl groups is 1. The van der Waals surface area contributed by atoms with Crippen molar-refractivity contribution in [2.45, 2.75) is 51.2 Å². The van der Waals surface area contributed by atoms with Gasteiger partial charge in [0, 0.05) is 6.54 Å². The molecule has 5 nitrogen and oxygen atoms in total. The first-order chi connectivity index (χ1) is 11.6. The minimum Gasteiger partial charge on any atom is -0.487 e. The molecule has 2 rings (SSSR count). The molecule has 0 spiro atoms. The maximum atomic E-state index is 10.2. The third-order valence-corrected chi connectivity index (χ3v) is 4.56. The van der Waals surface area contributed by atoms with Crippen LogP contribution in [0.1, 0.15) is 39.5 Å². The number of ether oxygens (including phenoxy) is 1. The van der Waals surface area contributed by atoms with Crippen LogP contribution < -0.4 is 15.4 Å². The number of para-hydroxylation sites is 1. The van der Waals surface area contributed by atoms with Crippen molar-refractivity contribution in [2.75, 3.05) is 19.6 Å². The molecule has 0 amide bonds. The standard InChI is InChI=1S/C18H28ClN3O2/c1-3-14(24-16-9-6-5-8-15(16)19)12-21-17(20-4-2)22-13-18(23)10-7-11-18/h5-6,8-9,14,23H,3-4,7,10-13H2,1-2H3,(H2,20,21,22). The van der Waals surface area contributed by atoms with E-state index in [0.29, 0.717) is 29.8 Å². The Kier molecular flexibility index (Phi) is 7.18. The highest BCUT2D eigenvalue weighted by molar-refractivity contribution is 6.32. The minimum atomic E-state index is -0.611. The number of aliphatic imine (C=N–C) groups is 1. The fourth-order valence-electron chi connectivity index (χ4n) is 2.51. The lowest BCUT2D eigenvalue weighted by molar-refractivity contribution is -0.0236. The van der Waals surface area contributed by atoms with Crippen molar-refractivity contribution in [3.05, 3.63) is 29.3 Å². The van der Waals surface area contributed by atoms with E-state index in [9.17, 15) is 5.11 Å². The number of nitrogens with zero attached hydrogens (tertiary/aromatic N) is 1. The Bertz CT molecular complexity index is 547. The molecule has 0 saturated heterocycles. The molecule has 3 N–H and O–H groups in total. The van der Waals surface area contributed by atoms with Crippen LogP contribution >= 0.6 is 11.6 Å². The van der Waals surface area contributed by atoms with E-state index in [-0.39, 0.29) is 6.10 Å². The van der Waals surface area contributed by atoms with Gasteiger partial charge in [-0.15, -0.1) is 0 Å². The van der Waals surface area contributed by atoms with Crippen LogP contribution in [0.25, 0.3) is 0 Å². The molecular formula is C18H28ClN3O2. The maximum Gasteiger partial charge on any atom is 0.191 e. The van der Waals surface area contributed by atoms with Crippen molar-refractivity contribution < 1.29 is 9.84 Å². The van der Waals surface area contributed by atoms with Crippen molar-refractivity contribution in [3.8, 4) is 5.75 Å². The lowest BCUT2D eigenvalue weighted by Gasteiger charge is -2.35. The van der Waals surface area contributed by atoms with Gasteiger partial charge < -0.3 is 20.5 Å². The fraction of sp³-hybridized carbons (Fsp3) is 0.611. The molecule has 1 aliphatic carbocycles. The van der Waals surface area contributed by atoms with Crippen LogP contribution in [0.4, 0.5) is 0 Å². The quantitative estimate of drug-likeness (QED) is 0.496. The van der Waals surface area contributed by atoms with E-state index in [0.717, 1.165) is 32.2 Å². The van der Waals surface area contributed by atoms with Gasteiger partial charge in [-0.25, -0.2) is 0 Å². The highest BCUT2D eigenvalue weighted by Crippen LogP contribution is 2.31. The first kappa shape index (κ1) is 18.9. The van der Waals surface area contributed by atoms with Crippen LogP contribution in [0, 0.1) is 0 Å². The van der Waals surface area contributed by atoms with Crippen LogP contribution in [0.5, 0.6) is 5.75 Å². The zero-order valence-corrected chi connectivity index (χ0v) is 15.3. The predicted molar refractivity (Wildman–Crippen MR) is 98.9 cm³/mol. The maximum absolute atomic E-state index is 10.2. The molecule has 6 heteroatoms. The Balaban J connectivity index is 1.88. The number of benzene rings is 1. The van der Waals surface area contributed by atoms with Gasteiger partial charge in [0.2, 0.25) is 0 Å². The number of hydrogen-bond donors (Lipinski definition) is 3. The smallest absolute Gasteiger partial charge is 0.191 e. The predicted octanol–water partition coefficient (Wildman–Crippen LogP) is 2.97. The number of guanidine groups is 1. The van der Waals surface area contributed by atoms with Gasteiger partial charge in [-0.3, -0.25) is 4.99 Å². The third-order valence-electron chi connectivity index (χ3n) is 4.24. The average molecular weight is 354 g/mol. The van der Waals surface area contributed by atoms with Crippen LogP contribution in [-0.2, 0) is 0 Å². The van der Waals surface area contributed by atoms with Crippen molar-refractivity contribution >= 4 is 17.6 Å². The van der Waals surface area contributed by atoms with E-state index < -0.39 is 5.60 Å². The van der Waals surface area contributed by atoms with Gasteiger partial charge in [-0.1, -0.05) is 30.7 Å². The van der Waals surface area contributed by atoms with E-state index >= 15 is 0 Å². The van der Waals surface area contributed by atoms with E-state index in [1.54, 1.807) is 0 Å². The summed E-state index contributed by atoms with van der Waals surface area (Å²) in [5, 5.41) is 17.3. The molecule has 0 radical (unpaired) electrons. The zero-order chi connectivity index (χ0) is 17.4. The summed E-state index contributed by atoms with van der Waals surface area (Å²) in [7, 11) is 0. The molecule has 0 bridgehead atoms. The molecule has 1 aliphatic rings. The Hall–Kier alpha value is -1.46. The normalized spacial score (nSPS) is 17.8. The minimum absolute atomic E-state index is 0.0134. The largest absolute Gasteiger partial charge is 0.487 e. The van der Waals surface area contributed by atoms with E-state index in [1.807, 2.05) is 31.2 Å². The summed E-state index contributed by atoms with van der Waals surface area (Å²) in [5.74, 6) is 1.40. The van der Waals surface area contributed by atoms with E-state index in [4.69, 9.17) is 16.3 Å². The van der Waals surface area contributed by atoms with Gasteiger partial charge in [0.25, 0.3) is 0 Å². The average Bonchev–Trinajstić information content (AvgIpc) is 2.56. The molecule has 134 valence electrons. The molecule has 1 atom stereocenters. The van der Waals surface area contributed by atoms with Gasteiger partial charge in [0.15, 0.2) is 5.96 Å². The number of hydrogen-bond acceptors (Lipinski definition) is 3. The molecular weight excluding hydrogens is 326 g/mol. The monoisotopic (exact) mass is 353 g/mol. The molecule has 0 aromatic heterocycles. The molecule has 1 saturated carbocycles. The summed E-state index contributed by atoms with van der Waals surface area (Å²) in [6.45, 7) is 5.92. The second kappa shape index (κ2) is 9.14. The lowest BCUT2D eigenvalue weighted by Crippen LogP contribution is -2.45. The summed E-state index contributed by atoms with van der Waals surface area (Å²) in [4.78, 5) is 4.50. The first-order valence-corrected chi connectivity index (χ1v) is 9.10. The summed E-state index contributed by atoms with van der Waals surface area (Å²) in [6, 6.07) is 7.49. The highest BCUT2D eigenvalue weighted by Gasteiger charge is 2.34. The van der Waals surface area contributed by atoms with Crippen molar-refractivity contribution in [1.29, 1.82) is 0 Å². The SMILES string of the molecule is CCNC(=NCC1(O)CCC1)NCC(CC)Oc1ccccc1Cl. The number of rotatable bonds is 8. The molecule has 1 unspecified atom stereocenters. The summed E-state index contributed by atoms with van der Waals surface area (Å²) in [5.41, 5.74) is -0.611. The first-order valence-electron chi connectivity index (χ1n) is 8.72. The van der Waals surface area contributed by atoms with E-state index in [1.165, 1.54) is 0 Å². The van der Waals surface area contributed by atoms with Gasteiger partial charge >= 0.3 is 0 Å². The third kappa shape index (κ3) is 5.56. The molecule has 1 aromatic rings. The van der Waals surface area contributed by atoms with Crippen LogP contribution in [-0.4, -0.2) is 42.4 Å². The Labute approximate surface area is 149 Å². The number of nitrogens with one attached hydrogen (secondary N) is 2. The summed E-state index contributed by atoms with van der Waals surface area (Å²) < 4.78 is 5.97. The lowest BCUT2D eigenvalue weighted by atomic mass is 9.80. The Morgan fingerprint density at radius 2 is 2.08 bits per heavy atom. The van der Waals surface area contributed by atoms with E-state index in [2.05, 4.69) is 22.5 Å². The van der Waals surface area contributed by atoms with Crippen LogP contribution in [0.15, 0.2) is 29.3 Å². The highest BCUT2D eigenvalue weighted by atomic mass is 35.5. The molecule has 1 fully saturated rings. The van der Waals surface area contributed by atoms with Gasteiger partial charge in [-0.05, 0) is 44.7 Å². The van der Waals surface area contributed by atoms with Gasteiger partial charge in [-0.2, -0.15) is 0 Å². The van der Waals surface area contributed by atoms with Gasteiger partial charge in [0.05, 0.1) is 23.7 Å². The summed E-state index contributed by atoms with van der Waals surface area (Å²) >= 11 is 6.15. The van der Waals surface area contributed by atoms with Crippen molar-refractivity contribution in [1.82, 2.24) is 10.6 Å². The molecule has 0 heterocycles. The molecule has 1 aromatic carbocycles. The zero-order valence-electron chi connectivity index (χ0n) is 14.5. The van der Waals surface area contributed by atoms with Crippen molar-refractivity contribution in [3.63, 3.8) is 0 Å². The van der Waals surface area contributed by atoms with Gasteiger partial charge in [0.1, 0.15) is 11.9 Å². The van der Waals surface area contributed by atoms with Crippen molar-refractivity contribution in [2.24, 2.45) is 4.99 Å². The van der Waals surface area contributed by atoms with Crippen LogP contribution in [0.3, 0.4) is 0 Å². The summed E-state index contributed by atoms with van der Waals surface area (Å²) in [6.07, 6.45) is 3.59. The fourth-order valence-corrected chi connectivity index (χ4v) is 2.69. The molecule has 0 aliphatic heterocycles. The number of halogens is 1. The topological polar surface area (TPSA) is 65.9 Å².